The Kier molecular flexibility index (Phi) is 5.67. The van der Waals surface area contributed by atoms with Crippen LogP contribution in [-0.4, -0.2) is 18.6 Å². The summed E-state index contributed by atoms with van der Waals surface area (Å²) >= 11 is 0. The Hall–Kier alpha value is -1.02. The van der Waals surface area contributed by atoms with E-state index in [-0.39, 0.29) is 5.54 Å². The molecule has 2 nitrogen and oxygen atoms in total. The van der Waals surface area contributed by atoms with Gasteiger partial charge in [-0.1, -0.05) is 19.1 Å². The fraction of sp³-hybridized carbons (Fsp3) is 0.625. The summed E-state index contributed by atoms with van der Waals surface area (Å²) in [5, 5.41) is 3.51. The van der Waals surface area contributed by atoms with Gasteiger partial charge in [-0.05, 0) is 51.8 Å². The van der Waals surface area contributed by atoms with Crippen molar-refractivity contribution in [3.63, 3.8) is 0 Å². The highest BCUT2D eigenvalue weighted by Crippen LogP contribution is 2.16. The van der Waals surface area contributed by atoms with E-state index in [0.717, 1.165) is 19.6 Å². The molecule has 0 aliphatic heterocycles. The average molecular weight is 248 g/mol. The fourth-order valence-electron chi connectivity index (χ4n) is 1.93. The second-order valence-electron chi connectivity index (χ2n) is 5.85. The molecular formula is C16H28N2. The van der Waals surface area contributed by atoms with Gasteiger partial charge in [0.2, 0.25) is 0 Å². The summed E-state index contributed by atoms with van der Waals surface area (Å²) in [6, 6.07) is 8.93. The highest BCUT2D eigenvalue weighted by atomic mass is 15.1. The van der Waals surface area contributed by atoms with Crippen LogP contribution in [0.4, 0.5) is 5.69 Å². The van der Waals surface area contributed by atoms with E-state index in [9.17, 15) is 0 Å². The Bertz CT molecular complexity index is 335. The second kappa shape index (κ2) is 6.79. The average Bonchev–Trinajstić information content (AvgIpc) is 2.33. The van der Waals surface area contributed by atoms with Gasteiger partial charge in [0.05, 0.1) is 0 Å². The summed E-state index contributed by atoms with van der Waals surface area (Å²) in [7, 11) is 0. The summed E-state index contributed by atoms with van der Waals surface area (Å²) in [6.07, 6.45) is 1.20. The number of nitrogens with one attached hydrogen (secondary N) is 1. The first-order chi connectivity index (χ1) is 8.46. The number of hydrogen-bond donors (Lipinski definition) is 1. The number of nitrogens with zero attached hydrogens (tertiary/aromatic N) is 1. The molecule has 1 aromatic rings. The lowest BCUT2D eigenvalue weighted by Gasteiger charge is -2.23. The Balaban J connectivity index is 2.61. The molecule has 1 N–H and O–H groups in total. The SMILES string of the molecule is CCCN(CC)c1ccc(CNC(C)(C)C)cc1. The van der Waals surface area contributed by atoms with Crippen molar-refractivity contribution in [2.75, 3.05) is 18.0 Å². The third kappa shape index (κ3) is 5.09. The van der Waals surface area contributed by atoms with Gasteiger partial charge in [0.1, 0.15) is 0 Å². The number of rotatable bonds is 6. The lowest BCUT2D eigenvalue weighted by molar-refractivity contribution is 0.424. The summed E-state index contributed by atoms with van der Waals surface area (Å²) in [4.78, 5) is 2.42. The van der Waals surface area contributed by atoms with Crippen molar-refractivity contribution in [1.82, 2.24) is 5.32 Å². The summed E-state index contributed by atoms with van der Waals surface area (Å²) in [6.45, 7) is 14.2. The first-order valence-corrected chi connectivity index (χ1v) is 7.05. The number of hydrogen-bond acceptors (Lipinski definition) is 2. The maximum absolute atomic E-state index is 3.51. The third-order valence-electron chi connectivity index (χ3n) is 3.00. The molecule has 102 valence electrons. The van der Waals surface area contributed by atoms with E-state index in [0.29, 0.717) is 0 Å². The molecule has 1 aromatic carbocycles. The van der Waals surface area contributed by atoms with Crippen molar-refractivity contribution in [2.24, 2.45) is 0 Å². The molecule has 0 fully saturated rings. The van der Waals surface area contributed by atoms with E-state index in [1.807, 2.05) is 0 Å². The molecule has 0 aliphatic carbocycles. The minimum Gasteiger partial charge on any atom is -0.372 e. The molecule has 0 radical (unpaired) electrons. The minimum absolute atomic E-state index is 0.177. The first kappa shape index (κ1) is 15.0. The molecule has 0 bridgehead atoms. The summed E-state index contributed by atoms with van der Waals surface area (Å²) in [5.41, 5.74) is 2.86. The third-order valence-corrected chi connectivity index (χ3v) is 3.00. The fourth-order valence-corrected chi connectivity index (χ4v) is 1.93. The van der Waals surface area contributed by atoms with Crippen LogP contribution in [0.3, 0.4) is 0 Å². The molecule has 0 amide bonds. The Morgan fingerprint density at radius 1 is 1.06 bits per heavy atom. The largest absolute Gasteiger partial charge is 0.372 e. The van der Waals surface area contributed by atoms with E-state index < -0.39 is 0 Å². The monoisotopic (exact) mass is 248 g/mol. The van der Waals surface area contributed by atoms with Gasteiger partial charge < -0.3 is 10.2 Å². The highest BCUT2D eigenvalue weighted by Gasteiger charge is 2.08. The molecule has 0 aromatic heterocycles. The molecule has 0 saturated heterocycles. The van der Waals surface area contributed by atoms with Crippen molar-refractivity contribution in [2.45, 2.75) is 53.1 Å². The van der Waals surface area contributed by atoms with Crippen LogP contribution in [0.15, 0.2) is 24.3 Å². The zero-order chi connectivity index (χ0) is 13.6. The van der Waals surface area contributed by atoms with E-state index in [4.69, 9.17) is 0 Å². The van der Waals surface area contributed by atoms with E-state index >= 15 is 0 Å². The molecule has 0 unspecified atom stereocenters. The lowest BCUT2D eigenvalue weighted by Crippen LogP contribution is -2.35. The van der Waals surface area contributed by atoms with Crippen LogP contribution in [0.5, 0.6) is 0 Å². The molecular weight excluding hydrogens is 220 g/mol. The minimum atomic E-state index is 0.177. The maximum atomic E-state index is 3.51. The zero-order valence-electron chi connectivity index (χ0n) is 12.6. The van der Waals surface area contributed by atoms with Crippen LogP contribution in [0.1, 0.15) is 46.6 Å². The van der Waals surface area contributed by atoms with Crippen LogP contribution >= 0.6 is 0 Å². The van der Waals surface area contributed by atoms with Crippen molar-refractivity contribution in [3.8, 4) is 0 Å². The lowest BCUT2D eigenvalue weighted by atomic mass is 10.1. The van der Waals surface area contributed by atoms with Crippen molar-refractivity contribution in [1.29, 1.82) is 0 Å². The van der Waals surface area contributed by atoms with Crippen molar-refractivity contribution in [3.05, 3.63) is 29.8 Å². The van der Waals surface area contributed by atoms with Gasteiger partial charge in [0.15, 0.2) is 0 Å². The standard InChI is InChI=1S/C16H28N2/c1-6-12-18(7-2)15-10-8-14(9-11-15)13-17-16(3,4)5/h8-11,17H,6-7,12-13H2,1-5H3. The molecule has 0 spiro atoms. The van der Waals surface area contributed by atoms with Gasteiger partial charge in [-0.3, -0.25) is 0 Å². The van der Waals surface area contributed by atoms with E-state index in [1.54, 1.807) is 0 Å². The van der Waals surface area contributed by atoms with Crippen LogP contribution < -0.4 is 10.2 Å². The zero-order valence-corrected chi connectivity index (χ0v) is 12.6. The van der Waals surface area contributed by atoms with Crippen LogP contribution in [0, 0.1) is 0 Å². The van der Waals surface area contributed by atoms with Crippen LogP contribution in [-0.2, 0) is 6.54 Å². The topological polar surface area (TPSA) is 15.3 Å². The Morgan fingerprint density at radius 3 is 2.11 bits per heavy atom. The summed E-state index contributed by atoms with van der Waals surface area (Å²) < 4.78 is 0. The van der Waals surface area contributed by atoms with Gasteiger partial charge in [0, 0.05) is 30.9 Å². The normalized spacial score (nSPS) is 11.6. The quantitative estimate of drug-likeness (QED) is 0.823. The molecule has 0 heterocycles. The van der Waals surface area contributed by atoms with Crippen molar-refractivity contribution >= 4 is 5.69 Å². The van der Waals surface area contributed by atoms with Gasteiger partial charge in [-0.25, -0.2) is 0 Å². The number of anilines is 1. The maximum Gasteiger partial charge on any atom is 0.0366 e. The van der Waals surface area contributed by atoms with Crippen molar-refractivity contribution < 1.29 is 0 Å². The predicted molar refractivity (Wildman–Crippen MR) is 81.2 cm³/mol. The summed E-state index contributed by atoms with van der Waals surface area (Å²) in [5.74, 6) is 0. The van der Waals surface area contributed by atoms with Gasteiger partial charge in [0.25, 0.3) is 0 Å². The number of benzene rings is 1. The second-order valence-corrected chi connectivity index (χ2v) is 5.85. The molecule has 18 heavy (non-hydrogen) atoms. The Labute approximate surface area is 112 Å². The molecule has 2 heteroatoms. The van der Waals surface area contributed by atoms with Gasteiger partial charge in [-0.15, -0.1) is 0 Å². The highest BCUT2D eigenvalue weighted by molar-refractivity contribution is 5.47. The predicted octanol–water partition coefficient (Wildman–Crippen LogP) is 3.81. The van der Waals surface area contributed by atoms with Gasteiger partial charge >= 0.3 is 0 Å². The molecule has 0 atom stereocenters. The first-order valence-electron chi connectivity index (χ1n) is 7.05. The van der Waals surface area contributed by atoms with Gasteiger partial charge in [-0.2, -0.15) is 0 Å². The Morgan fingerprint density at radius 2 is 1.67 bits per heavy atom. The molecule has 0 saturated carbocycles. The van der Waals surface area contributed by atoms with Crippen LogP contribution in [0.25, 0.3) is 0 Å². The van der Waals surface area contributed by atoms with E-state index in [2.05, 4.69) is 69.1 Å². The van der Waals surface area contributed by atoms with E-state index in [1.165, 1.54) is 17.7 Å². The molecule has 1 rings (SSSR count). The van der Waals surface area contributed by atoms with Crippen LogP contribution in [0.2, 0.25) is 0 Å². The molecule has 0 aliphatic rings. The smallest absolute Gasteiger partial charge is 0.0366 e.